The van der Waals surface area contributed by atoms with E-state index in [4.69, 9.17) is 19.9 Å². The average Bonchev–Trinajstić information content (AvgIpc) is 2.38. The van der Waals surface area contributed by atoms with Crippen LogP contribution in [0.3, 0.4) is 0 Å². The molecule has 0 bridgehead atoms. The van der Waals surface area contributed by atoms with Gasteiger partial charge in [-0.25, -0.2) is 0 Å². The largest absolute Gasteiger partial charge is 0.496 e. The fraction of sp³-hybridized carbons (Fsp3) is 0.154. The molecule has 18 heavy (non-hydrogen) atoms. The Morgan fingerprint density at radius 2 is 1.56 bits per heavy atom. The standard InChI is InChI=1S/C13H14N2O3/c1-16-9-6-10(17-2)8-11(7-9)18-13-5-3-4-12(14)15-13/h3-8H,1-2H3,(H2,14,15). The minimum absolute atomic E-state index is 0.405. The fourth-order valence-corrected chi connectivity index (χ4v) is 1.45. The van der Waals surface area contributed by atoms with Gasteiger partial charge in [-0.15, -0.1) is 0 Å². The lowest BCUT2D eigenvalue weighted by Gasteiger charge is -2.09. The fourth-order valence-electron chi connectivity index (χ4n) is 1.45. The third-order valence-electron chi connectivity index (χ3n) is 2.29. The van der Waals surface area contributed by atoms with Crippen molar-refractivity contribution in [1.82, 2.24) is 4.98 Å². The highest BCUT2D eigenvalue weighted by Gasteiger charge is 2.05. The van der Waals surface area contributed by atoms with Crippen LogP contribution in [0.15, 0.2) is 36.4 Å². The Bertz CT molecular complexity index is 521. The first-order valence-electron chi connectivity index (χ1n) is 5.34. The zero-order chi connectivity index (χ0) is 13.0. The molecule has 0 amide bonds. The Morgan fingerprint density at radius 1 is 0.944 bits per heavy atom. The molecule has 0 saturated carbocycles. The van der Waals surface area contributed by atoms with Gasteiger partial charge in [-0.05, 0) is 6.07 Å². The minimum atomic E-state index is 0.405. The van der Waals surface area contributed by atoms with Gasteiger partial charge in [0.2, 0.25) is 5.88 Å². The molecule has 0 fully saturated rings. The van der Waals surface area contributed by atoms with E-state index in [1.54, 1.807) is 50.6 Å². The van der Waals surface area contributed by atoms with Gasteiger partial charge in [0.15, 0.2) is 0 Å². The number of hydrogen-bond acceptors (Lipinski definition) is 5. The number of nitrogens with two attached hydrogens (primary N) is 1. The summed E-state index contributed by atoms with van der Waals surface area (Å²) in [6, 6.07) is 10.4. The van der Waals surface area contributed by atoms with Crippen molar-refractivity contribution in [3.05, 3.63) is 36.4 Å². The van der Waals surface area contributed by atoms with E-state index in [2.05, 4.69) is 4.98 Å². The van der Waals surface area contributed by atoms with Gasteiger partial charge in [0.05, 0.1) is 14.2 Å². The molecule has 2 rings (SSSR count). The SMILES string of the molecule is COc1cc(OC)cc(Oc2cccc(N)n2)c1. The summed E-state index contributed by atoms with van der Waals surface area (Å²) in [5.41, 5.74) is 5.58. The molecule has 0 saturated heterocycles. The van der Waals surface area contributed by atoms with Gasteiger partial charge in [-0.1, -0.05) is 6.07 Å². The van der Waals surface area contributed by atoms with E-state index in [1.165, 1.54) is 0 Å². The lowest BCUT2D eigenvalue weighted by Crippen LogP contribution is -1.94. The van der Waals surface area contributed by atoms with E-state index in [1.807, 2.05) is 0 Å². The summed E-state index contributed by atoms with van der Waals surface area (Å²) in [6.07, 6.45) is 0. The van der Waals surface area contributed by atoms with Crippen LogP contribution in [0, 0.1) is 0 Å². The zero-order valence-electron chi connectivity index (χ0n) is 10.2. The molecule has 2 aromatic rings. The van der Waals surface area contributed by atoms with E-state index in [0.29, 0.717) is 28.9 Å². The lowest BCUT2D eigenvalue weighted by molar-refractivity contribution is 0.385. The predicted molar refractivity (Wildman–Crippen MR) is 68.3 cm³/mol. The number of benzene rings is 1. The average molecular weight is 246 g/mol. The van der Waals surface area contributed by atoms with Gasteiger partial charge in [-0.3, -0.25) is 0 Å². The first kappa shape index (κ1) is 12.0. The Labute approximate surface area is 105 Å². The molecule has 0 radical (unpaired) electrons. The minimum Gasteiger partial charge on any atom is -0.496 e. The number of nitrogens with zero attached hydrogens (tertiary/aromatic N) is 1. The predicted octanol–water partition coefficient (Wildman–Crippen LogP) is 2.47. The third-order valence-corrected chi connectivity index (χ3v) is 2.29. The third kappa shape index (κ3) is 2.82. The number of methoxy groups -OCH3 is 2. The Hall–Kier alpha value is -2.43. The van der Waals surface area contributed by atoms with Crippen LogP contribution in [0.25, 0.3) is 0 Å². The molecule has 0 atom stereocenters. The second-order valence-corrected chi connectivity index (χ2v) is 3.55. The maximum atomic E-state index is 5.59. The summed E-state index contributed by atoms with van der Waals surface area (Å²) in [7, 11) is 3.16. The first-order chi connectivity index (χ1) is 8.71. The van der Waals surface area contributed by atoms with E-state index < -0.39 is 0 Å². The van der Waals surface area contributed by atoms with E-state index in [0.717, 1.165) is 0 Å². The number of hydrogen-bond donors (Lipinski definition) is 1. The van der Waals surface area contributed by atoms with Gasteiger partial charge in [-0.2, -0.15) is 4.98 Å². The molecule has 0 spiro atoms. The van der Waals surface area contributed by atoms with Crippen LogP contribution in [-0.4, -0.2) is 19.2 Å². The molecule has 2 N–H and O–H groups in total. The molecule has 1 aromatic carbocycles. The monoisotopic (exact) mass is 246 g/mol. The van der Waals surface area contributed by atoms with Crippen molar-refractivity contribution in [3.63, 3.8) is 0 Å². The van der Waals surface area contributed by atoms with E-state index >= 15 is 0 Å². The molecule has 5 nitrogen and oxygen atoms in total. The summed E-state index contributed by atoms with van der Waals surface area (Å²) in [5, 5.41) is 0. The van der Waals surface area contributed by atoms with Crippen LogP contribution < -0.4 is 19.9 Å². The number of rotatable bonds is 4. The zero-order valence-corrected chi connectivity index (χ0v) is 10.2. The van der Waals surface area contributed by atoms with Crippen molar-refractivity contribution in [2.75, 3.05) is 20.0 Å². The highest BCUT2D eigenvalue weighted by Crippen LogP contribution is 2.30. The number of ether oxygens (including phenoxy) is 3. The first-order valence-corrected chi connectivity index (χ1v) is 5.34. The highest BCUT2D eigenvalue weighted by atomic mass is 16.5. The molecule has 0 aliphatic carbocycles. The molecule has 1 aromatic heterocycles. The Kier molecular flexibility index (Phi) is 3.52. The van der Waals surface area contributed by atoms with Crippen molar-refractivity contribution in [3.8, 4) is 23.1 Å². The lowest BCUT2D eigenvalue weighted by atomic mass is 10.3. The Balaban J connectivity index is 2.28. The normalized spacial score (nSPS) is 9.89. The molecule has 1 heterocycles. The number of aromatic nitrogens is 1. The van der Waals surface area contributed by atoms with Crippen molar-refractivity contribution in [1.29, 1.82) is 0 Å². The van der Waals surface area contributed by atoms with Crippen LogP contribution in [0.1, 0.15) is 0 Å². The molecule has 0 aliphatic heterocycles. The molecular weight excluding hydrogens is 232 g/mol. The summed E-state index contributed by atoms with van der Waals surface area (Å²) in [4.78, 5) is 4.05. The van der Waals surface area contributed by atoms with Crippen LogP contribution in [0.2, 0.25) is 0 Å². The Morgan fingerprint density at radius 3 is 2.11 bits per heavy atom. The van der Waals surface area contributed by atoms with Gasteiger partial charge in [0, 0.05) is 24.3 Å². The van der Waals surface area contributed by atoms with Crippen molar-refractivity contribution in [2.45, 2.75) is 0 Å². The molecule has 0 unspecified atom stereocenters. The van der Waals surface area contributed by atoms with Gasteiger partial charge in [0.1, 0.15) is 23.1 Å². The van der Waals surface area contributed by atoms with Crippen LogP contribution in [0.4, 0.5) is 5.82 Å². The van der Waals surface area contributed by atoms with Crippen LogP contribution in [0.5, 0.6) is 23.1 Å². The number of pyridine rings is 1. The number of nitrogen functional groups attached to an aromatic ring is 1. The van der Waals surface area contributed by atoms with Crippen molar-refractivity contribution in [2.24, 2.45) is 0 Å². The molecule has 94 valence electrons. The molecule has 5 heteroatoms. The number of anilines is 1. The van der Waals surface area contributed by atoms with E-state index in [-0.39, 0.29) is 0 Å². The quantitative estimate of drug-likeness (QED) is 0.897. The van der Waals surface area contributed by atoms with Gasteiger partial charge >= 0.3 is 0 Å². The second-order valence-electron chi connectivity index (χ2n) is 3.55. The van der Waals surface area contributed by atoms with Crippen LogP contribution >= 0.6 is 0 Å². The highest BCUT2D eigenvalue weighted by molar-refractivity contribution is 5.43. The van der Waals surface area contributed by atoms with Crippen molar-refractivity contribution >= 4 is 5.82 Å². The molecular formula is C13H14N2O3. The van der Waals surface area contributed by atoms with Crippen molar-refractivity contribution < 1.29 is 14.2 Å². The van der Waals surface area contributed by atoms with Crippen LogP contribution in [-0.2, 0) is 0 Å². The maximum absolute atomic E-state index is 5.59. The van der Waals surface area contributed by atoms with E-state index in [9.17, 15) is 0 Å². The second kappa shape index (κ2) is 5.27. The summed E-state index contributed by atoms with van der Waals surface area (Å²) in [5.74, 6) is 2.69. The summed E-state index contributed by atoms with van der Waals surface area (Å²) < 4.78 is 15.9. The van der Waals surface area contributed by atoms with Gasteiger partial charge < -0.3 is 19.9 Å². The van der Waals surface area contributed by atoms with Gasteiger partial charge in [0.25, 0.3) is 0 Å². The summed E-state index contributed by atoms with van der Waals surface area (Å²) >= 11 is 0. The summed E-state index contributed by atoms with van der Waals surface area (Å²) in [6.45, 7) is 0. The topological polar surface area (TPSA) is 66.6 Å². The molecule has 0 aliphatic rings. The smallest absolute Gasteiger partial charge is 0.221 e. The maximum Gasteiger partial charge on any atom is 0.221 e.